The quantitative estimate of drug-likeness (QED) is 0.202. The summed E-state index contributed by atoms with van der Waals surface area (Å²) < 4.78 is 20.0. The maximum Gasteiger partial charge on any atom is 0.599 e. The summed E-state index contributed by atoms with van der Waals surface area (Å²) in [7, 11) is -4.28. The second-order valence-corrected chi connectivity index (χ2v) is 20.2. The topological polar surface area (TPSA) is 195 Å². The number of nitrogens with zero attached hydrogens (tertiary/aromatic N) is 11. The van der Waals surface area contributed by atoms with E-state index in [9.17, 15) is 10.2 Å². The first-order valence-electron chi connectivity index (χ1n) is 22.1. The Morgan fingerprint density at radius 3 is 2.30 bits per heavy atom. The van der Waals surface area contributed by atoms with Crippen LogP contribution in [0.3, 0.4) is 0 Å². The number of aromatic amines is 1. The lowest BCUT2D eigenvalue weighted by molar-refractivity contribution is 0.0502. The van der Waals surface area contributed by atoms with E-state index in [-0.39, 0.29) is 36.9 Å². The molecule has 8 aliphatic rings. The van der Waals surface area contributed by atoms with Crippen molar-refractivity contribution >= 4 is 67.0 Å². The van der Waals surface area contributed by atoms with Crippen molar-refractivity contribution in [3.63, 3.8) is 0 Å². The van der Waals surface area contributed by atoms with E-state index in [4.69, 9.17) is 53.8 Å². The highest BCUT2D eigenvalue weighted by molar-refractivity contribution is 6.66. The molecule has 2 saturated carbocycles. The molecule has 5 unspecified atom stereocenters. The van der Waals surface area contributed by atoms with Gasteiger partial charge in [-0.2, -0.15) is 0 Å². The molecule has 0 spiro atoms. The number of aromatic nitrogens is 4. The van der Waals surface area contributed by atoms with E-state index in [1.807, 2.05) is 36.8 Å². The number of pyridine rings is 2. The van der Waals surface area contributed by atoms with Crippen LogP contribution < -0.4 is 11.0 Å². The van der Waals surface area contributed by atoms with Crippen LogP contribution in [0.4, 0.5) is 17.3 Å². The second-order valence-electron chi connectivity index (χ2n) is 17.6. The highest BCUT2D eigenvalue weighted by atomic mass is 28.4. The lowest BCUT2D eigenvalue weighted by Crippen LogP contribution is -2.70. The average Bonchev–Trinajstić information content (AvgIpc) is 4.03. The molecule has 17 heteroatoms. The zero-order valence-corrected chi connectivity index (χ0v) is 34.9. The highest BCUT2D eigenvalue weighted by Gasteiger charge is 2.61. The fourth-order valence-electron chi connectivity index (χ4n) is 10.8. The Kier molecular flexibility index (Phi) is 9.17. The molecule has 0 radical (unpaired) electrons. The molecule has 16 nitrogen and oxygen atoms in total. The number of aliphatic hydroxyl groups excluding tert-OH is 2. The Balaban J connectivity index is 1.21. The van der Waals surface area contributed by atoms with Crippen molar-refractivity contribution in [1.29, 1.82) is 0 Å². The van der Waals surface area contributed by atoms with Crippen LogP contribution >= 0.6 is 0 Å². The van der Waals surface area contributed by atoms with Crippen LogP contribution in [0.25, 0.3) is 10.9 Å². The summed E-state index contributed by atoms with van der Waals surface area (Å²) >= 11 is 0. The third-order valence-electron chi connectivity index (χ3n) is 13.8. The van der Waals surface area contributed by atoms with Gasteiger partial charge >= 0.3 is 8.88 Å². The molecule has 0 saturated heterocycles. The molecule has 61 heavy (non-hydrogen) atoms. The Labute approximate surface area is 352 Å². The molecule has 5 atom stereocenters. The van der Waals surface area contributed by atoms with E-state index >= 15 is 0 Å². The Hall–Kier alpha value is -5.33. The van der Waals surface area contributed by atoms with Gasteiger partial charge in [-0.15, -0.1) is 0 Å². The molecule has 6 bridgehead atoms. The highest BCUT2D eigenvalue weighted by Crippen LogP contribution is 2.46. The fraction of sp³-hybridized carbons (Fsp3) is 0.477. The van der Waals surface area contributed by atoms with Crippen LogP contribution in [-0.4, -0.2) is 99.2 Å². The van der Waals surface area contributed by atoms with Gasteiger partial charge in [-0.25, -0.2) is 25.0 Å². The minimum atomic E-state index is -4.28. The smallest absolute Gasteiger partial charge is 0.396 e. The monoisotopic (exact) mass is 836 g/mol. The van der Waals surface area contributed by atoms with E-state index < -0.39 is 15.0 Å². The molecule has 2 fully saturated rings. The second kappa shape index (κ2) is 14.9. The third-order valence-corrected chi connectivity index (χ3v) is 16.9. The van der Waals surface area contributed by atoms with Gasteiger partial charge in [0.05, 0.1) is 5.69 Å². The first kappa shape index (κ1) is 37.4. The largest absolute Gasteiger partial charge is 0.599 e. The van der Waals surface area contributed by atoms with E-state index in [2.05, 4.69) is 19.8 Å². The molecule has 6 aliphatic heterocycles. The van der Waals surface area contributed by atoms with Crippen molar-refractivity contribution in [2.45, 2.75) is 83.2 Å². The van der Waals surface area contributed by atoms with Crippen LogP contribution in [0.15, 0.2) is 82.9 Å². The van der Waals surface area contributed by atoms with Gasteiger partial charge in [-0.1, -0.05) is 12.8 Å². The molecule has 4 aromatic rings. The zero-order chi connectivity index (χ0) is 40.7. The van der Waals surface area contributed by atoms with Crippen molar-refractivity contribution in [1.82, 2.24) is 23.8 Å². The lowest BCUT2D eigenvalue weighted by atomic mass is 9.82. The molecule has 0 aromatic carbocycles. The number of hydrogen-bond donors (Lipinski definition) is 3. The van der Waals surface area contributed by atoms with Crippen LogP contribution in [0.2, 0.25) is 0 Å². The van der Waals surface area contributed by atoms with Crippen molar-refractivity contribution in [2.75, 3.05) is 26.4 Å². The fourth-order valence-corrected chi connectivity index (χ4v) is 14.3. The van der Waals surface area contributed by atoms with Crippen molar-refractivity contribution in [3.8, 4) is 0 Å². The van der Waals surface area contributed by atoms with Crippen molar-refractivity contribution < 1.29 is 19.1 Å². The summed E-state index contributed by atoms with van der Waals surface area (Å²) in [6, 6.07) is 7.97. The van der Waals surface area contributed by atoms with Crippen LogP contribution in [0.5, 0.6) is 0 Å². The number of H-pyrrole nitrogens is 1. The number of hydrogen-bond acceptors (Lipinski definition) is 14. The summed E-state index contributed by atoms with van der Waals surface area (Å²) in [4.78, 5) is 51.0. The molecule has 4 aromatic heterocycles. The third kappa shape index (κ3) is 6.02. The maximum atomic E-state index is 10.4. The average molecular weight is 837 g/mol. The lowest BCUT2D eigenvalue weighted by Gasteiger charge is -2.42. The summed E-state index contributed by atoms with van der Waals surface area (Å²) in [5, 5.41) is 21.5. The minimum absolute atomic E-state index is 0.153. The number of rotatable bonds is 8. The first-order chi connectivity index (χ1) is 30.1. The van der Waals surface area contributed by atoms with E-state index in [1.165, 1.54) is 0 Å². The molecule has 10 heterocycles. The number of fused-ring (bicyclic) bond motifs is 14. The van der Waals surface area contributed by atoms with Crippen LogP contribution in [-0.2, 0) is 15.3 Å². The number of aliphatic hydroxyl groups is 2. The van der Waals surface area contributed by atoms with Gasteiger partial charge in [-0.3, -0.25) is 28.8 Å². The predicted molar refractivity (Wildman–Crippen MR) is 232 cm³/mol. The van der Waals surface area contributed by atoms with Gasteiger partial charge in [0.25, 0.3) is 0 Å². The molecule has 12 rings (SSSR count). The van der Waals surface area contributed by atoms with Crippen LogP contribution in [0, 0.1) is 23.7 Å². The molecule has 312 valence electrons. The number of aliphatic imine (C=N–C) groups is 5. The normalized spacial score (nSPS) is 28.3. The predicted octanol–water partition coefficient (Wildman–Crippen LogP) is 5.24. The molecule has 0 amide bonds. The Bertz CT molecular complexity index is 2760. The van der Waals surface area contributed by atoms with Crippen LogP contribution in [0.1, 0.15) is 93.6 Å². The maximum absolute atomic E-state index is 10.4. The van der Waals surface area contributed by atoms with Gasteiger partial charge in [0.2, 0.25) is 0 Å². The standard InChI is InChI=1S/C44H48N12O4Si/c57-21-25-7-1-9-27(19-25)23-59-61(60-24-28-10-2-8-26(20-28)22-58)55-42-31-13-5-17-47-35(31)43(55)51-37-29-11-3-15-45-33(29)39(49-37)53-41-32-14-6-18-48-36(32)44(56(41)61)52-38-30-12-4-16-46-34(30)40(50-38)54-42/h5-6,13-18,25-28,43,50,57-58H,1-4,7-12,19-24H2. The van der Waals surface area contributed by atoms with Gasteiger partial charge < -0.3 is 24.0 Å². The summed E-state index contributed by atoms with van der Waals surface area (Å²) in [6.07, 6.45) is 17.4. The Morgan fingerprint density at radius 1 is 0.754 bits per heavy atom. The van der Waals surface area contributed by atoms with Gasteiger partial charge in [0, 0.05) is 73.3 Å². The summed E-state index contributed by atoms with van der Waals surface area (Å²) in [5.41, 5.74) is 6.69. The summed E-state index contributed by atoms with van der Waals surface area (Å²) in [6.45, 7) is 1.05. The molecule has 3 N–H and O–H groups in total. The minimum Gasteiger partial charge on any atom is -0.396 e. The summed E-state index contributed by atoms with van der Waals surface area (Å²) in [5.74, 6) is 3.65. The molecule has 2 aliphatic carbocycles. The number of nitrogens with one attached hydrogen (secondary N) is 1. The van der Waals surface area contributed by atoms with Gasteiger partial charge in [0.1, 0.15) is 34.0 Å². The molecular weight excluding hydrogens is 789 g/mol. The van der Waals surface area contributed by atoms with Crippen molar-refractivity contribution in [2.24, 2.45) is 58.6 Å². The number of amidine groups is 3. The van der Waals surface area contributed by atoms with Crippen molar-refractivity contribution in [3.05, 3.63) is 75.7 Å². The van der Waals surface area contributed by atoms with E-state index in [0.717, 1.165) is 111 Å². The van der Waals surface area contributed by atoms with E-state index in [0.29, 0.717) is 64.5 Å². The molecular formula is C44H48N12O4Si. The Morgan fingerprint density at radius 2 is 1.49 bits per heavy atom. The van der Waals surface area contributed by atoms with Gasteiger partial charge in [0.15, 0.2) is 29.1 Å². The van der Waals surface area contributed by atoms with E-state index in [1.54, 1.807) is 6.20 Å². The SMILES string of the molecule is OCC1CCCC(CO[Si]2(OCC3CCCC(CO)C3)N3C4=Nc5[nH]c(c6c5N=CCC6)N=c5c6ncccc6c(n52)=NC2=NC(=NC3c3ncccc34)C3=C2N=CCC3)C1. The first-order valence-corrected chi connectivity index (χ1v) is 23.8. The van der Waals surface area contributed by atoms with Gasteiger partial charge in [-0.05, 0) is 112 Å². The zero-order valence-electron chi connectivity index (χ0n) is 33.9.